The lowest BCUT2D eigenvalue weighted by Gasteiger charge is -2.34. The van der Waals surface area contributed by atoms with E-state index in [1.807, 2.05) is 6.07 Å². The average Bonchev–Trinajstić information content (AvgIpc) is 2.29. The van der Waals surface area contributed by atoms with E-state index in [0.29, 0.717) is 11.5 Å². The number of rotatable bonds is 4. The maximum absolute atomic E-state index is 11.7. The summed E-state index contributed by atoms with van der Waals surface area (Å²) in [6.45, 7) is 0.797. The Balaban J connectivity index is 2.38. The first kappa shape index (κ1) is 12.3. The van der Waals surface area contributed by atoms with E-state index in [9.17, 15) is 4.79 Å². The second kappa shape index (κ2) is 6.70. The number of piperidine rings is 1. The number of hydrogen-bond donors (Lipinski definition) is 1. The van der Waals surface area contributed by atoms with Gasteiger partial charge in [0.05, 0.1) is 30.2 Å². The predicted octanol–water partition coefficient (Wildman–Crippen LogP) is 0.617. The molecule has 1 aliphatic rings. The zero-order valence-corrected chi connectivity index (χ0v) is 9.50. The van der Waals surface area contributed by atoms with Gasteiger partial charge in [0, 0.05) is 6.54 Å². The molecule has 4 nitrogen and oxygen atoms in total. The standard InChI is InChI=1S/C10H16N2O2S/c11-4-6-15-8-10(14)12-5-2-1-3-9(12)7-13/h9,13H,1-3,5-8H2. The van der Waals surface area contributed by atoms with Crippen molar-refractivity contribution < 1.29 is 9.90 Å². The topological polar surface area (TPSA) is 64.3 Å². The number of hydrogen-bond acceptors (Lipinski definition) is 4. The normalized spacial score (nSPS) is 21.1. The Kier molecular flexibility index (Phi) is 5.51. The van der Waals surface area contributed by atoms with Crippen molar-refractivity contribution in [1.82, 2.24) is 4.90 Å². The minimum atomic E-state index is -0.00562. The van der Waals surface area contributed by atoms with Gasteiger partial charge in [0.2, 0.25) is 5.91 Å². The molecule has 1 fully saturated rings. The first-order valence-electron chi connectivity index (χ1n) is 5.14. The molecule has 15 heavy (non-hydrogen) atoms. The van der Waals surface area contributed by atoms with Gasteiger partial charge in [-0.05, 0) is 19.3 Å². The largest absolute Gasteiger partial charge is 0.394 e. The molecular formula is C10H16N2O2S. The number of carbonyl (C=O) groups excluding carboxylic acids is 1. The fraction of sp³-hybridized carbons (Fsp3) is 0.800. The summed E-state index contributed by atoms with van der Waals surface area (Å²) in [6, 6.07) is 1.99. The lowest BCUT2D eigenvalue weighted by atomic mass is 10.0. The second-order valence-corrected chi connectivity index (χ2v) is 4.56. The highest BCUT2D eigenvalue weighted by atomic mass is 32.2. The molecule has 0 bridgehead atoms. The van der Waals surface area contributed by atoms with Crippen molar-refractivity contribution in [3.63, 3.8) is 0 Å². The van der Waals surface area contributed by atoms with Crippen LogP contribution in [0.25, 0.3) is 0 Å². The smallest absolute Gasteiger partial charge is 0.232 e. The number of nitrogens with zero attached hydrogens (tertiary/aromatic N) is 2. The van der Waals surface area contributed by atoms with Crippen LogP contribution in [-0.2, 0) is 4.79 Å². The van der Waals surface area contributed by atoms with Crippen LogP contribution < -0.4 is 0 Å². The SMILES string of the molecule is N#CCSCC(=O)N1CCCCC1CO. The fourth-order valence-corrected chi connectivity index (χ4v) is 2.32. The molecular weight excluding hydrogens is 212 g/mol. The first-order chi connectivity index (χ1) is 7.29. The molecule has 1 aliphatic heterocycles. The summed E-state index contributed by atoms with van der Waals surface area (Å²) >= 11 is 1.33. The Morgan fingerprint density at radius 1 is 1.60 bits per heavy atom. The molecule has 84 valence electrons. The highest BCUT2D eigenvalue weighted by Gasteiger charge is 2.25. The Hall–Kier alpha value is -0.730. The van der Waals surface area contributed by atoms with Crippen LogP contribution in [0.2, 0.25) is 0 Å². The lowest BCUT2D eigenvalue weighted by Crippen LogP contribution is -2.46. The van der Waals surface area contributed by atoms with Gasteiger partial charge in [-0.3, -0.25) is 4.79 Å². The van der Waals surface area contributed by atoms with E-state index < -0.39 is 0 Å². The van der Waals surface area contributed by atoms with Gasteiger partial charge in [0.25, 0.3) is 0 Å². The molecule has 1 atom stereocenters. The Morgan fingerprint density at radius 3 is 3.07 bits per heavy atom. The summed E-state index contributed by atoms with van der Waals surface area (Å²) in [7, 11) is 0. The van der Waals surface area contributed by atoms with Crippen molar-refractivity contribution in [1.29, 1.82) is 5.26 Å². The molecule has 0 saturated carbocycles. The first-order valence-corrected chi connectivity index (χ1v) is 6.30. The van der Waals surface area contributed by atoms with E-state index in [1.165, 1.54) is 11.8 Å². The lowest BCUT2D eigenvalue weighted by molar-refractivity contribution is -0.132. The van der Waals surface area contributed by atoms with E-state index in [-0.39, 0.29) is 18.6 Å². The molecule has 1 amide bonds. The van der Waals surface area contributed by atoms with Gasteiger partial charge in [-0.1, -0.05) is 0 Å². The third-order valence-corrected chi connectivity index (χ3v) is 3.33. The van der Waals surface area contributed by atoms with E-state index >= 15 is 0 Å². The molecule has 1 N–H and O–H groups in total. The Bertz CT molecular complexity index is 252. The number of aliphatic hydroxyl groups is 1. The van der Waals surface area contributed by atoms with Crippen LogP contribution in [0.4, 0.5) is 0 Å². The van der Waals surface area contributed by atoms with Gasteiger partial charge in [0.1, 0.15) is 0 Å². The van der Waals surface area contributed by atoms with Crippen LogP contribution in [0.1, 0.15) is 19.3 Å². The highest BCUT2D eigenvalue weighted by molar-refractivity contribution is 8.00. The molecule has 5 heteroatoms. The average molecular weight is 228 g/mol. The van der Waals surface area contributed by atoms with E-state index in [4.69, 9.17) is 10.4 Å². The van der Waals surface area contributed by atoms with Crippen molar-refractivity contribution in [2.24, 2.45) is 0 Å². The van der Waals surface area contributed by atoms with E-state index in [0.717, 1.165) is 25.8 Å². The Labute approximate surface area is 94.2 Å². The molecule has 0 aromatic rings. The minimum absolute atomic E-state index is 0.00562. The molecule has 1 unspecified atom stereocenters. The number of carbonyl (C=O) groups is 1. The van der Waals surface area contributed by atoms with Crippen LogP contribution in [-0.4, -0.2) is 46.6 Å². The van der Waals surface area contributed by atoms with Gasteiger partial charge in [-0.15, -0.1) is 11.8 Å². The maximum atomic E-state index is 11.7. The molecule has 0 spiro atoms. The third-order valence-electron chi connectivity index (χ3n) is 2.55. The van der Waals surface area contributed by atoms with E-state index in [1.54, 1.807) is 4.90 Å². The zero-order valence-electron chi connectivity index (χ0n) is 8.69. The number of amides is 1. The second-order valence-electron chi connectivity index (χ2n) is 3.57. The predicted molar refractivity (Wildman–Crippen MR) is 59.4 cm³/mol. The summed E-state index contributed by atoms with van der Waals surface area (Å²) in [4.78, 5) is 13.5. The van der Waals surface area contributed by atoms with E-state index in [2.05, 4.69) is 0 Å². The third kappa shape index (κ3) is 3.73. The van der Waals surface area contributed by atoms with Gasteiger partial charge in [0.15, 0.2) is 0 Å². The molecule has 0 radical (unpaired) electrons. The van der Waals surface area contributed by atoms with Crippen LogP contribution >= 0.6 is 11.8 Å². The molecule has 1 rings (SSSR count). The summed E-state index contributed by atoms with van der Waals surface area (Å²) in [5.41, 5.74) is 0. The monoisotopic (exact) mass is 228 g/mol. The zero-order chi connectivity index (χ0) is 11.1. The maximum Gasteiger partial charge on any atom is 0.232 e. The van der Waals surface area contributed by atoms with Crippen molar-refractivity contribution in [3.05, 3.63) is 0 Å². The van der Waals surface area contributed by atoms with Gasteiger partial charge in [-0.25, -0.2) is 0 Å². The molecule has 0 aromatic heterocycles. The van der Waals surface area contributed by atoms with Crippen molar-refractivity contribution >= 4 is 17.7 Å². The van der Waals surface area contributed by atoms with Crippen molar-refractivity contribution in [2.45, 2.75) is 25.3 Å². The number of thioether (sulfide) groups is 1. The fourth-order valence-electron chi connectivity index (χ4n) is 1.79. The molecule has 0 aromatic carbocycles. The van der Waals surface area contributed by atoms with Crippen LogP contribution in [0, 0.1) is 11.3 Å². The summed E-state index contributed by atoms with van der Waals surface area (Å²) < 4.78 is 0. The quantitative estimate of drug-likeness (QED) is 0.716. The molecule has 0 aliphatic carbocycles. The van der Waals surface area contributed by atoms with Gasteiger partial charge >= 0.3 is 0 Å². The minimum Gasteiger partial charge on any atom is -0.394 e. The molecule has 1 saturated heterocycles. The Morgan fingerprint density at radius 2 is 2.40 bits per heavy atom. The van der Waals surface area contributed by atoms with Crippen molar-refractivity contribution in [2.75, 3.05) is 24.7 Å². The number of nitriles is 1. The van der Waals surface area contributed by atoms with Crippen molar-refractivity contribution in [3.8, 4) is 6.07 Å². The number of aliphatic hydroxyl groups excluding tert-OH is 1. The van der Waals surface area contributed by atoms with Gasteiger partial charge in [-0.2, -0.15) is 5.26 Å². The molecule has 1 heterocycles. The van der Waals surface area contributed by atoms with Gasteiger partial charge < -0.3 is 10.0 Å². The highest BCUT2D eigenvalue weighted by Crippen LogP contribution is 2.17. The van der Waals surface area contributed by atoms with Crippen LogP contribution in [0.5, 0.6) is 0 Å². The van der Waals surface area contributed by atoms with Crippen LogP contribution in [0.15, 0.2) is 0 Å². The summed E-state index contributed by atoms with van der Waals surface area (Å²) in [5, 5.41) is 17.5. The summed E-state index contributed by atoms with van der Waals surface area (Å²) in [6.07, 6.45) is 3.00. The van der Waals surface area contributed by atoms with Crippen LogP contribution in [0.3, 0.4) is 0 Å². The summed E-state index contributed by atoms with van der Waals surface area (Å²) in [5.74, 6) is 0.752. The number of likely N-dealkylation sites (tertiary alicyclic amines) is 1.